The Bertz CT molecular complexity index is 423. The minimum atomic E-state index is -1.66. The van der Waals surface area contributed by atoms with E-state index in [1.165, 1.54) is 0 Å². The molecule has 0 aromatic carbocycles. The molecule has 0 fully saturated rings. The quantitative estimate of drug-likeness (QED) is 0.753. The summed E-state index contributed by atoms with van der Waals surface area (Å²) in [4.78, 5) is 35.8. The summed E-state index contributed by atoms with van der Waals surface area (Å²) in [5.41, 5.74) is -2.40. The molecule has 6 nitrogen and oxygen atoms in total. The van der Waals surface area contributed by atoms with Gasteiger partial charge < -0.3 is 15.2 Å². The zero-order chi connectivity index (χ0) is 17.7. The van der Waals surface area contributed by atoms with E-state index in [0.29, 0.717) is 0 Å². The fourth-order valence-electron chi connectivity index (χ4n) is 2.09. The van der Waals surface area contributed by atoms with Crippen molar-refractivity contribution in [2.75, 3.05) is 0 Å². The predicted octanol–water partition coefficient (Wildman–Crippen LogP) is 3.00. The first-order valence-corrected chi connectivity index (χ1v) is 7.56. The molecule has 6 heteroatoms. The summed E-state index contributed by atoms with van der Waals surface area (Å²) in [6, 6.07) is 0. The highest BCUT2D eigenvalue weighted by atomic mass is 16.6. The van der Waals surface area contributed by atoms with E-state index < -0.39 is 29.1 Å². The third kappa shape index (κ3) is 6.45. The van der Waals surface area contributed by atoms with Gasteiger partial charge in [0.2, 0.25) is 0 Å². The Balaban J connectivity index is 5.30. The first-order valence-electron chi connectivity index (χ1n) is 7.56. The second-order valence-electron chi connectivity index (χ2n) is 7.37. The number of aliphatic carboxylic acids is 1. The Morgan fingerprint density at radius 2 is 1.59 bits per heavy atom. The van der Waals surface area contributed by atoms with E-state index in [0.717, 1.165) is 0 Å². The first kappa shape index (κ1) is 20.4. The third-order valence-electron chi connectivity index (χ3n) is 3.20. The molecule has 2 N–H and O–H groups in total. The van der Waals surface area contributed by atoms with Crippen LogP contribution in [-0.4, -0.2) is 34.1 Å². The summed E-state index contributed by atoms with van der Waals surface area (Å²) in [5.74, 6) is -1.76. The van der Waals surface area contributed by atoms with E-state index in [2.05, 4.69) is 5.32 Å². The van der Waals surface area contributed by atoms with E-state index in [4.69, 9.17) is 4.74 Å². The molecule has 22 heavy (non-hydrogen) atoms. The minimum absolute atomic E-state index is 0.132. The second kappa shape index (κ2) is 7.61. The van der Waals surface area contributed by atoms with Gasteiger partial charge in [-0.3, -0.25) is 4.79 Å². The zero-order valence-electron chi connectivity index (χ0n) is 14.6. The number of Topliss-reactive ketones (excluding diaryl/α,β-unsaturated/α-hetero) is 1. The maximum Gasteiger partial charge on any atom is 0.408 e. The highest BCUT2D eigenvalue weighted by Crippen LogP contribution is 2.25. The molecule has 0 unspecified atom stereocenters. The van der Waals surface area contributed by atoms with Crippen molar-refractivity contribution >= 4 is 17.8 Å². The minimum Gasteiger partial charge on any atom is -0.479 e. The number of alkyl carbamates (subject to hydrolysis) is 1. The summed E-state index contributed by atoms with van der Waals surface area (Å²) in [6.45, 7) is 12.2. The van der Waals surface area contributed by atoms with Crippen molar-refractivity contribution in [3.8, 4) is 0 Å². The maximum atomic E-state index is 12.1. The molecule has 0 aliphatic carbocycles. The number of amides is 1. The van der Waals surface area contributed by atoms with Crippen molar-refractivity contribution in [1.29, 1.82) is 0 Å². The van der Waals surface area contributed by atoms with Gasteiger partial charge in [-0.25, -0.2) is 9.59 Å². The Hall–Kier alpha value is -1.59. The summed E-state index contributed by atoms with van der Waals surface area (Å²) < 4.78 is 5.13. The second-order valence-corrected chi connectivity index (χ2v) is 7.37. The highest BCUT2D eigenvalue weighted by Gasteiger charge is 2.45. The van der Waals surface area contributed by atoms with E-state index in [9.17, 15) is 19.5 Å². The highest BCUT2D eigenvalue weighted by molar-refractivity contribution is 5.92. The lowest BCUT2D eigenvalue weighted by atomic mass is 9.80. The Morgan fingerprint density at radius 3 is 1.91 bits per heavy atom. The number of hydrogen-bond donors (Lipinski definition) is 2. The van der Waals surface area contributed by atoms with Crippen molar-refractivity contribution < 1.29 is 24.2 Å². The number of carbonyl (C=O) groups is 3. The van der Waals surface area contributed by atoms with Gasteiger partial charge in [-0.05, 0) is 32.6 Å². The molecule has 1 amide bonds. The Kier molecular flexibility index (Phi) is 7.06. The fourth-order valence-corrected chi connectivity index (χ4v) is 2.09. The fraction of sp³-hybridized carbons (Fsp3) is 0.812. The van der Waals surface area contributed by atoms with Gasteiger partial charge in [-0.1, -0.05) is 27.7 Å². The lowest BCUT2D eigenvalue weighted by molar-refractivity contribution is -0.149. The van der Waals surface area contributed by atoms with Crippen LogP contribution in [0.2, 0.25) is 0 Å². The SMILES string of the molecule is CC(C)CC(=O)C[C@@](NC(=O)OC(C)(C)C)(C(=O)O)C(C)C. The molecular weight excluding hydrogens is 286 g/mol. The van der Waals surface area contributed by atoms with Crippen molar-refractivity contribution in [3.05, 3.63) is 0 Å². The van der Waals surface area contributed by atoms with Gasteiger partial charge >= 0.3 is 12.1 Å². The van der Waals surface area contributed by atoms with E-state index in [-0.39, 0.29) is 24.5 Å². The topological polar surface area (TPSA) is 92.7 Å². The standard InChI is InChI=1S/C16H29NO5/c1-10(2)8-12(18)9-16(11(3)4,13(19)20)17-14(21)22-15(5,6)7/h10-11H,8-9H2,1-7H3,(H,17,21)(H,19,20)/t16-/m0/s1. The molecular formula is C16H29NO5. The van der Waals surface area contributed by atoms with Crippen molar-refractivity contribution in [1.82, 2.24) is 5.32 Å². The van der Waals surface area contributed by atoms with Gasteiger partial charge in [0.05, 0.1) is 0 Å². The molecule has 0 saturated heterocycles. The normalized spacial score (nSPS) is 14.6. The van der Waals surface area contributed by atoms with Crippen LogP contribution in [0.25, 0.3) is 0 Å². The molecule has 0 saturated carbocycles. The number of rotatable bonds is 7. The summed E-state index contributed by atoms with van der Waals surface area (Å²) >= 11 is 0. The molecule has 0 aromatic rings. The van der Waals surface area contributed by atoms with Gasteiger partial charge in [-0.15, -0.1) is 0 Å². The summed E-state index contributed by atoms with van der Waals surface area (Å²) in [5, 5.41) is 12.0. The molecule has 128 valence electrons. The van der Waals surface area contributed by atoms with Crippen molar-refractivity contribution in [2.24, 2.45) is 11.8 Å². The molecule has 1 atom stereocenters. The summed E-state index contributed by atoms with van der Waals surface area (Å²) in [7, 11) is 0. The largest absolute Gasteiger partial charge is 0.479 e. The van der Waals surface area contributed by atoms with Crippen molar-refractivity contribution in [3.63, 3.8) is 0 Å². The van der Waals surface area contributed by atoms with Gasteiger partial charge in [0.25, 0.3) is 0 Å². The molecule has 0 radical (unpaired) electrons. The predicted molar refractivity (Wildman–Crippen MR) is 83.7 cm³/mol. The monoisotopic (exact) mass is 315 g/mol. The van der Waals surface area contributed by atoms with Gasteiger partial charge in [-0.2, -0.15) is 0 Å². The number of hydrogen-bond acceptors (Lipinski definition) is 4. The van der Waals surface area contributed by atoms with Gasteiger partial charge in [0.15, 0.2) is 0 Å². The first-order chi connectivity index (χ1) is 9.80. The van der Waals surface area contributed by atoms with Crippen LogP contribution in [0.1, 0.15) is 61.3 Å². The van der Waals surface area contributed by atoms with E-state index in [1.807, 2.05) is 13.8 Å². The number of carboxylic acids is 1. The lowest BCUT2D eigenvalue weighted by Gasteiger charge is -2.34. The average molecular weight is 315 g/mol. The Labute approximate surface area is 132 Å². The molecule has 0 spiro atoms. The van der Waals surface area contributed by atoms with Crippen molar-refractivity contribution in [2.45, 2.75) is 72.4 Å². The lowest BCUT2D eigenvalue weighted by Crippen LogP contribution is -2.60. The Morgan fingerprint density at radius 1 is 1.09 bits per heavy atom. The maximum absolute atomic E-state index is 12.1. The third-order valence-corrected chi connectivity index (χ3v) is 3.20. The van der Waals surface area contributed by atoms with Gasteiger partial charge in [0, 0.05) is 12.8 Å². The number of ether oxygens (including phenoxy) is 1. The van der Waals surface area contributed by atoms with Crippen LogP contribution < -0.4 is 5.32 Å². The van der Waals surface area contributed by atoms with E-state index >= 15 is 0 Å². The molecule has 0 aliphatic heterocycles. The van der Waals surface area contributed by atoms with Crippen LogP contribution in [0.3, 0.4) is 0 Å². The molecule has 0 heterocycles. The van der Waals surface area contributed by atoms with Crippen LogP contribution >= 0.6 is 0 Å². The number of nitrogens with one attached hydrogen (secondary N) is 1. The van der Waals surface area contributed by atoms with Crippen LogP contribution in [-0.2, 0) is 14.3 Å². The van der Waals surface area contributed by atoms with Crippen LogP contribution in [0, 0.1) is 11.8 Å². The smallest absolute Gasteiger partial charge is 0.408 e. The van der Waals surface area contributed by atoms with Crippen LogP contribution in [0.4, 0.5) is 4.79 Å². The average Bonchev–Trinajstić information content (AvgIpc) is 2.22. The molecule has 0 rings (SSSR count). The molecule has 0 aliphatic rings. The molecule has 0 aromatic heterocycles. The van der Waals surface area contributed by atoms with E-state index in [1.54, 1.807) is 34.6 Å². The van der Waals surface area contributed by atoms with Gasteiger partial charge in [0.1, 0.15) is 16.9 Å². The van der Waals surface area contributed by atoms with Crippen LogP contribution in [0.15, 0.2) is 0 Å². The zero-order valence-corrected chi connectivity index (χ0v) is 14.6. The number of carboxylic acid groups (broad SMARTS) is 1. The number of carbonyl (C=O) groups excluding carboxylic acids is 2. The summed E-state index contributed by atoms with van der Waals surface area (Å²) in [6.07, 6.45) is -0.809. The molecule has 0 bridgehead atoms. The van der Waals surface area contributed by atoms with Crippen LogP contribution in [0.5, 0.6) is 0 Å². The number of ketones is 1.